The number of aliphatic carboxylic acids is 1. The van der Waals surface area contributed by atoms with Crippen molar-refractivity contribution in [2.24, 2.45) is 0 Å². The number of nitrogens with zero attached hydrogens (tertiary/aromatic N) is 2. The Balaban J connectivity index is 1.57. The lowest BCUT2D eigenvalue weighted by Gasteiger charge is -2.19. The SMILES string of the molecule is CN(CCc1csc(SC(C)(C)C(=O)O)n1)c1ccc(-c2ccc(F)cc2)cc1. The quantitative estimate of drug-likeness (QED) is 0.473. The Morgan fingerprint density at radius 1 is 1.14 bits per heavy atom. The van der Waals surface area contributed by atoms with Crippen LogP contribution in [-0.4, -0.2) is 34.4 Å². The molecule has 0 radical (unpaired) electrons. The van der Waals surface area contributed by atoms with Gasteiger partial charge in [-0.1, -0.05) is 36.0 Å². The molecule has 0 aliphatic carbocycles. The minimum atomic E-state index is -0.891. The molecule has 29 heavy (non-hydrogen) atoms. The number of hydrogen-bond acceptors (Lipinski definition) is 5. The van der Waals surface area contributed by atoms with Gasteiger partial charge in [-0.15, -0.1) is 11.3 Å². The van der Waals surface area contributed by atoms with Crippen molar-refractivity contribution in [3.63, 3.8) is 0 Å². The molecule has 0 saturated carbocycles. The fourth-order valence-electron chi connectivity index (χ4n) is 2.67. The zero-order chi connectivity index (χ0) is 21.0. The number of benzene rings is 2. The van der Waals surface area contributed by atoms with Crippen LogP contribution < -0.4 is 4.90 Å². The lowest BCUT2D eigenvalue weighted by molar-refractivity contribution is -0.138. The van der Waals surface area contributed by atoms with Crippen molar-refractivity contribution < 1.29 is 14.3 Å². The van der Waals surface area contributed by atoms with Crippen LogP contribution in [0.5, 0.6) is 0 Å². The molecule has 0 atom stereocenters. The molecule has 1 heterocycles. The van der Waals surface area contributed by atoms with Crippen molar-refractivity contribution in [2.75, 3.05) is 18.5 Å². The van der Waals surface area contributed by atoms with Crippen LogP contribution in [0.3, 0.4) is 0 Å². The van der Waals surface area contributed by atoms with E-state index in [4.69, 9.17) is 0 Å². The zero-order valence-corrected chi connectivity index (χ0v) is 18.2. The van der Waals surface area contributed by atoms with E-state index in [0.717, 1.165) is 39.8 Å². The second-order valence-corrected chi connectivity index (χ2v) is 9.98. The number of thiazole rings is 1. The highest BCUT2D eigenvalue weighted by Crippen LogP contribution is 2.34. The molecule has 0 unspecified atom stereocenters. The second-order valence-electron chi connectivity index (χ2n) is 7.25. The van der Waals surface area contributed by atoms with Crippen LogP contribution >= 0.6 is 23.1 Å². The predicted molar refractivity (Wildman–Crippen MR) is 118 cm³/mol. The van der Waals surface area contributed by atoms with Gasteiger partial charge in [-0.25, -0.2) is 9.37 Å². The summed E-state index contributed by atoms with van der Waals surface area (Å²) in [6.07, 6.45) is 0.779. The molecule has 2 aromatic carbocycles. The van der Waals surface area contributed by atoms with E-state index in [1.54, 1.807) is 26.0 Å². The van der Waals surface area contributed by atoms with Crippen LogP contribution in [0.1, 0.15) is 19.5 Å². The van der Waals surface area contributed by atoms with Crippen LogP contribution in [-0.2, 0) is 11.2 Å². The number of hydrogen-bond donors (Lipinski definition) is 1. The smallest absolute Gasteiger partial charge is 0.319 e. The van der Waals surface area contributed by atoms with Crippen LogP contribution in [0.25, 0.3) is 11.1 Å². The van der Waals surface area contributed by atoms with Crippen LogP contribution in [0.4, 0.5) is 10.1 Å². The van der Waals surface area contributed by atoms with E-state index in [2.05, 4.69) is 22.0 Å². The molecule has 3 rings (SSSR count). The molecule has 0 bridgehead atoms. The predicted octanol–water partition coefficient (Wildman–Crippen LogP) is 5.58. The van der Waals surface area contributed by atoms with E-state index in [0.29, 0.717) is 0 Å². The first kappa shape index (κ1) is 21.3. The van der Waals surface area contributed by atoms with Crippen molar-refractivity contribution in [1.82, 2.24) is 4.98 Å². The van der Waals surface area contributed by atoms with Crippen LogP contribution in [0.2, 0.25) is 0 Å². The number of carboxylic acid groups (broad SMARTS) is 1. The first-order chi connectivity index (χ1) is 13.7. The molecule has 0 saturated heterocycles. The van der Waals surface area contributed by atoms with Crippen molar-refractivity contribution in [3.05, 3.63) is 65.4 Å². The molecule has 152 valence electrons. The molecule has 0 spiro atoms. The minimum absolute atomic E-state index is 0.236. The highest BCUT2D eigenvalue weighted by atomic mass is 32.2. The third-order valence-corrected chi connectivity index (χ3v) is 6.75. The average Bonchev–Trinajstić information content (AvgIpc) is 3.13. The van der Waals surface area contributed by atoms with E-state index >= 15 is 0 Å². The first-order valence-electron chi connectivity index (χ1n) is 9.18. The second kappa shape index (κ2) is 8.97. The summed E-state index contributed by atoms with van der Waals surface area (Å²) < 4.78 is 13.0. The van der Waals surface area contributed by atoms with Gasteiger partial charge in [0.05, 0.1) is 5.69 Å². The molecule has 0 aliphatic heterocycles. The monoisotopic (exact) mass is 430 g/mol. The van der Waals surface area contributed by atoms with Gasteiger partial charge >= 0.3 is 5.97 Å². The van der Waals surface area contributed by atoms with Gasteiger partial charge in [0, 0.05) is 31.1 Å². The largest absolute Gasteiger partial charge is 0.480 e. The van der Waals surface area contributed by atoms with Crippen molar-refractivity contribution >= 4 is 34.8 Å². The molecule has 7 heteroatoms. The van der Waals surface area contributed by atoms with Gasteiger partial charge in [-0.2, -0.15) is 0 Å². The fourth-order valence-corrected chi connectivity index (χ4v) is 4.90. The maximum atomic E-state index is 13.1. The summed E-state index contributed by atoms with van der Waals surface area (Å²) in [4.78, 5) is 18.0. The summed E-state index contributed by atoms with van der Waals surface area (Å²) in [5.41, 5.74) is 4.09. The number of thioether (sulfide) groups is 1. The Morgan fingerprint density at radius 2 is 1.72 bits per heavy atom. The van der Waals surface area contributed by atoms with Gasteiger partial charge in [0.25, 0.3) is 0 Å². The van der Waals surface area contributed by atoms with Gasteiger partial charge in [0.2, 0.25) is 0 Å². The summed E-state index contributed by atoms with van der Waals surface area (Å²) in [6.45, 7) is 4.17. The molecule has 1 N–H and O–H groups in total. The third kappa shape index (κ3) is 5.58. The van der Waals surface area contributed by atoms with Crippen molar-refractivity contribution in [2.45, 2.75) is 29.4 Å². The van der Waals surface area contributed by atoms with E-state index in [-0.39, 0.29) is 5.82 Å². The fraction of sp³-hybridized carbons (Fsp3) is 0.273. The standard InChI is InChI=1S/C22H23FN2O2S2/c1-22(2,20(26)27)29-21-24-18(14-28-21)12-13-25(3)19-10-6-16(7-11-19)15-4-8-17(23)9-5-15/h4-11,14H,12-13H2,1-3H3,(H,26,27). The van der Waals surface area contributed by atoms with Crippen LogP contribution in [0.15, 0.2) is 58.3 Å². The number of carboxylic acids is 1. The Hall–Kier alpha value is -2.38. The number of carbonyl (C=O) groups is 1. The Kier molecular flexibility index (Phi) is 6.59. The van der Waals surface area contributed by atoms with Gasteiger partial charge in [0.1, 0.15) is 10.6 Å². The zero-order valence-electron chi connectivity index (χ0n) is 16.6. The Bertz CT molecular complexity index is 969. The molecule has 0 aliphatic rings. The summed E-state index contributed by atoms with van der Waals surface area (Å²) in [7, 11) is 2.03. The van der Waals surface area contributed by atoms with Gasteiger partial charge in [-0.3, -0.25) is 4.79 Å². The van der Waals surface area contributed by atoms with E-state index in [1.807, 2.05) is 24.6 Å². The van der Waals surface area contributed by atoms with E-state index in [1.165, 1.54) is 35.2 Å². The summed E-state index contributed by atoms with van der Waals surface area (Å²) >= 11 is 2.76. The number of anilines is 1. The number of rotatable bonds is 8. The molecular weight excluding hydrogens is 407 g/mol. The normalized spacial score (nSPS) is 11.4. The lowest BCUT2D eigenvalue weighted by Crippen LogP contribution is -2.26. The van der Waals surface area contributed by atoms with Crippen LogP contribution in [0, 0.1) is 5.82 Å². The average molecular weight is 431 g/mol. The molecule has 3 aromatic rings. The molecule has 1 aromatic heterocycles. The summed E-state index contributed by atoms with van der Waals surface area (Å²) in [5, 5.41) is 11.2. The minimum Gasteiger partial charge on any atom is -0.480 e. The van der Waals surface area contributed by atoms with E-state index < -0.39 is 10.7 Å². The van der Waals surface area contributed by atoms with Crippen molar-refractivity contribution in [3.8, 4) is 11.1 Å². The summed E-state index contributed by atoms with van der Waals surface area (Å²) in [5.74, 6) is -1.08. The molecule has 4 nitrogen and oxygen atoms in total. The molecule has 0 fully saturated rings. The van der Waals surface area contributed by atoms with Gasteiger partial charge in [-0.05, 0) is 49.2 Å². The molecule has 0 amide bonds. The summed E-state index contributed by atoms with van der Waals surface area (Å²) in [6, 6.07) is 14.7. The highest BCUT2D eigenvalue weighted by molar-refractivity contribution is 8.02. The Labute approximate surface area is 178 Å². The lowest BCUT2D eigenvalue weighted by atomic mass is 10.1. The maximum absolute atomic E-state index is 13.1. The van der Waals surface area contributed by atoms with Gasteiger partial charge in [0.15, 0.2) is 4.34 Å². The Morgan fingerprint density at radius 3 is 2.31 bits per heavy atom. The first-order valence-corrected chi connectivity index (χ1v) is 10.9. The van der Waals surface area contributed by atoms with Crippen molar-refractivity contribution in [1.29, 1.82) is 0 Å². The topological polar surface area (TPSA) is 53.4 Å². The maximum Gasteiger partial charge on any atom is 0.319 e. The number of halogens is 1. The van der Waals surface area contributed by atoms with E-state index in [9.17, 15) is 14.3 Å². The molecular formula is C22H23FN2O2S2. The van der Waals surface area contributed by atoms with Gasteiger partial charge < -0.3 is 10.0 Å². The number of likely N-dealkylation sites (N-methyl/N-ethyl adjacent to an activating group) is 1. The number of aromatic nitrogens is 1. The third-order valence-electron chi connectivity index (χ3n) is 4.58. The highest BCUT2D eigenvalue weighted by Gasteiger charge is 2.29.